The molecule has 2 aromatic carbocycles. The third kappa shape index (κ3) is 5.37. The molecule has 0 spiro atoms. The number of aryl methyl sites for hydroxylation is 1. The number of anilines is 2. The summed E-state index contributed by atoms with van der Waals surface area (Å²) in [5, 5.41) is 7.25. The van der Waals surface area contributed by atoms with Gasteiger partial charge in [0.1, 0.15) is 23.0 Å². The monoisotopic (exact) mass is 580 g/mol. The van der Waals surface area contributed by atoms with Crippen molar-refractivity contribution in [2.75, 3.05) is 12.4 Å². The summed E-state index contributed by atoms with van der Waals surface area (Å²) in [6, 6.07) is 11.5. The number of methoxy groups -OCH3 is 1. The highest BCUT2D eigenvalue weighted by Gasteiger charge is 2.40. The lowest BCUT2D eigenvalue weighted by Crippen LogP contribution is -2.27. The van der Waals surface area contributed by atoms with Crippen LogP contribution in [-0.4, -0.2) is 45.1 Å². The van der Waals surface area contributed by atoms with E-state index in [9.17, 15) is 4.79 Å². The number of carbonyl (C=O) groups is 1. The van der Waals surface area contributed by atoms with Gasteiger partial charge in [0.05, 0.1) is 18.2 Å². The Morgan fingerprint density at radius 3 is 2.70 bits per heavy atom. The lowest BCUT2D eigenvalue weighted by molar-refractivity contribution is 0.0947. The predicted octanol–water partition coefficient (Wildman–Crippen LogP) is 6.92. The Balaban J connectivity index is 1.20. The summed E-state index contributed by atoms with van der Waals surface area (Å²) in [7, 11) is 1.58. The maximum atomic E-state index is 12.9. The predicted molar refractivity (Wildman–Crippen MR) is 165 cm³/mol. The lowest BCUT2D eigenvalue weighted by Gasteiger charge is -2.16. The summed E-state index contributed by atoms with van der Waals surface area (Å²) >= 11 is 0. The van der Waals surface area contributed by atoms with Crippen molar-refractivity contribution in [3.05, 3.63) is 54.0 Å². The minimum absolute atomic E-state index is 0.0967. The van der Waals surface area contributed by atoms with Crippen LogP contribution in [0.15, 0.2) is 47.0 Å². The number of carbonyl (C=O) groups excluding carboxylic acids is 1. The summed E-state index contributed by atoms with van der Waals surface area (Å²) in [4.78, 5) is 30.3. The van der Waals surface area contributed by atoms with Crippen molar-refractivity contribution in [3.8, 4) is 22.8 Å². The average Bonchev–Trinajstić information content (AvgIpc) is 3.30. The number of hydrogen-bond donors (Lipinski definition) is 3. The van der Waals surface area contributed by atoms with E-state index in [1.165, 1.54) is 0 Å². The zero-order valence-corrected chi connectivity index (χ0v) is 24.9. The first-order valence-electron chi connectivity index (χ1n) is 15.1. The van der Waals surface area contributed by atoms with Gasteiger partial charge < -0.3 is 29.5 Å². The first-order valence-corrected chi connectivity index (χ1v) is 15.1. The third-order valence-electron chi connectivity index (χ3n) is 8.61. The first kappa shape index (κ1) is 27.2. The van der Waals surface area contributed by atoms with Crippen LogP contribution in [0.25, 0.3) is 33.3 Å². The SMILES string of the molecule is COc1cc(C(=O)NC2CC2C(C)C)ccc1Nc1nc(OC2CCCC2)c2c(-c3ccc4nc(C)oc4c3)c[nH]c2n1. The van der Waals surface area contributed by atoms with Crippen molar-refractivity contribution in [1.29, 1.82) is 0 Å². The molecular weight excluding hydrogens is 544 g/mol. The lowest BCUT2D eigenvalue weighted by atomic mass is 10.1. The second-order valence-electron chi connectivity index (χ2n) is 12.0. The quantitative estimate of drug-likeness (QED) is 0.171. The minimum atomic E-state index is -0.0967. The van der Waals surface area contributed by atoms with E-state index in [4.69, 9.17) is 23.9 Å². The summed E-state index contributed by atoms with van der Waals surface area (Å²) in [6.07, 6.45) is 7.32. The maximum absolute atomic E-state index is 12.9. The number of fused-ring (bicyclic) bond motifs is 2. The van der Waals surface area contributed by atoms with Gasteiger partial charge in [0, 0.05) is 30.3 Å². The molecule has 2 aliphatic carbocycles. The standard InChI is InChI=1S/C33H36N6O4/c1-17(2)22-15-26(22)36-31(40)20-10-12-24(27(14-20)41-4)37-33-38-30-29(32(39-33)43-21-7-5-6-8-21)23(16-34-30)19-9-11-25-28(13-19)42-18(3)35-25/h9-14,16-17,21-22,26H,5-8,15H2,1-4H3,(H,36,40)(H2,34,37,38,39). The van der Waals surface area contributed by atoms with Gasteiger partial charge in [0.2, 0.25) is 11.8 Å². The molecule has 2 saturated carbocycles. The summed E-state index contributed by atoms with van der Waals surface area (Å²) in [5.74, 6) is 3.04. The zero-order valence-electron chi connectivity index (χ0n) is 24.9. The molecule has 3 aromatic heterocycles. The van der Waals surface area contributed by atoms with Crippen LogP contribution in [0.5, 0.6) is 11.6 Å². The molecule has 0 bridgehead atoms. The molecule has 10 heteroatoms. The Hall–Kier alpha value is -4.60. The van der Waals surface area contributed by atoms with E-state index in [1.807, 2.05) is 37.4 Å². The third-order valence-corrected chi connectivity index (χ3v) is 8.61. The molecule has 2 fully saturated rings. The number of aromatic amines is 1. The van der Waals surface area contributed by atoms with Crippen LogP contribution in [0.1, 0.15) is 62.2 Å². The van der Waals surface area contributed by atoms with Crippen LogP contribution >= 0.6 is 0 Å². The van der Waals surface area contributed by atoms with Crippen molar-refractivity contribution in [2.45, 2.75) is 65.0 Å². The Morgan fingerprint density at radius 1 is 1.09 bits per heavy atom. The first-order chi connectivity index (χ1) is 20.9. The second-order valence-corrected chi connectivity index (χ2v) is 12.0. The molecular formula is C33H36N6O4. The van der Waals surface area contributed by atoms with Crippen molar-refractivity contribution in [1.82, 2.24) is 25.3 Å². The highest BCUT2D eigenvalue weighted by atomic mass is 16.5. The van der Waals surface area contributed by atoms with Gasteiger partial charge in [0.25, 0.3) is 5.91 Å². The van der Waals surface area contributed by atoms with Gasteiger partial charge in [-0.25, -0.2) is 4.98 Å². The molecule has 43 heavy (non-hydrogen) atoms. The zero-order chi connectivity index (χ0) is 29.7. The number of ether oxygens (including phenoxy) is 2. The van der Waals surface area contributed by atoms with Crippen molar-refractivity contribution < 1.29 is 18.7 Å². The van der Waals surface area contributed by atoms with E-state index in [0.29, 0.717) is 52.2 Å². The van der Waals surface area contributed by atoms with Crippen molar-refractivity contribution in [3.63, 3.8) is 0 Å². The van der Waals surface area contributed by atoms with Crippen molar-refractivity contribution in [2.24, 2.45) is 11.8 Å². The Kier molecular flexibility index (Phi) is 6.91. The van der Waals surface area contributed by atoms with E-state index in [0.717, 1.165) is 59.7 Å². The minimum Gasteiger partial charge on any atom is -0.495 e. The number of benzene rings is 2. The van der Waals surface area contributed by atoms with Crippen LogP contribution in [0.2, 0.25) is 0 Å². The molecule has 2 unspecified atom stereocenters. The highest BCUT2D eigenvalue weighted by Crippen LogP contribution is 2.39. The van der Waals surface area contributed by atoms with Gasteiger partial charge in [-0.1, -0.05) is 19.9 Å². The highest BCUT2D eigenvalue weighted by molar-refractivity contribution is 5.99. The topological polar surface area (TPSA) is 127 Å². The van der Waals surface area contributed by atoms with Crippen LogP contribution in [0.3, 0.4) is 0 Å². The van der Waals surface area contributed by atoms with Gasteiger partial charge >= 0.3 is 0 Å². The van der Waals surface area contributed by atoms with Crippen LogP contribution in [-0.2, 0) is 0 Å². The molecule has 5 aromatic rings. The smallest absolute Gasteiger partial charge is 0.251 e. The summed E-state index contributed by atoms with van der Waals surface area (Å²) < 4.78 is 18.0. The molecule has 2 aliphatic rings. The fourth-order valence-corrected chi connectivity index (χ4v) is 6.17. The number of oxazole rings is 1. The Labute approximate surface area is 249 Å². The summed E-state index contributed by atoms with van der Waals surface area (Å²) in [5.41, 5.74) is 5.26. The number of hydrogen-bond acceptors (Lipinski definition) is 8. The molecule has 0 aliphatic heterocycles. The molecule has 0 saturated heterocycles. The molecule has 3 heterocycles. The van der Waals surface area contributed by atoms with Gasteiger partial charge in [0.15, 0.2) is 11.5 Å². The van der Waals surface area contributed by atoms with Crippen LogP contribution in [0.4, 0.5) is 11.6 Å². The Bertz CT molecular complexity index is 1820. The number of aromatic nitrogens is 4. The number of nitrogens with zero attached hydrogens (tertiary/aromatic N) is 3. The van der Waals surface area contributed by atoms with Crippen molar-refractivity contribution >= 4 is 39.7 Å². The molecule has 7 rings (SSSR count). The van der Waals surface area contributed by atoms with E-state index < -0.39 is 0 Å². The molecule has 1 amide bonds. The van der Waals surface area contributed by atoms with E-state index in [1.54, 1.807) is 19.2 Å². The number of H-pyrrole nitrogens is 1. The van der Waals surface area contributed by atoms with E-state index in [2.05, 4.69) is 34.4 Å². The normalized spacial score (nSPS) is 18.4. The van der Waals surface area contributed by atoms with Gasteiger partial charge in [-0.2, -0.15) is 9.97 Å². The van der Waals surface area contributed by atoms with Gasteiger partial charge in [-0.15, -0.1) is 0 Å². The number of nitrogens with one attached hydrogen (secondary N) is 3. The van der Waals surface area contributed by atoms with E-state index >= 15 is 0 Å². The fourth-order valence-electron chi connectivity index (χ4n) is 6.17. The number of amides is 1. The molecule has 10 nitrogen and oxygen atoms in total. The van der Waals surface area contributed by atoms with E-state index in [-0.39, 0.29) is 18.1 Å². The van der Waals surface area contributed by atoms with Gasteiger partial charge in [-0.05, 0) is 79.8 Å². The molecule has 3 N–H and O–H groups in total. The Morgan fingerprint density at radius 2 is 1.93 bits per heavy atom. The average molecular weight is 581 g/mol. The second kappa shape index (κ2) is 10.9. The van der Waals surface area contributed by atoms with Crippen LogP contribution < -0.4 is 20.1 Å². The molecule has 222 valence electrons. The fraction of sp³-hybridized carbons (Fsp3) is 0.394. The van der Waals surface area contributed by atoms with Gasteiger partial charge in [-0.3, -0.25) is 4.79 Å². The maximum Gasteiger partial charge on any atom is 0.251 e. The number of rotatable bonds is 9. The molecule has 2 atom stereocenters. The molecule has 0 radical (unpaired) electrons. The largest absolute Gasteiger partial charge is 0.495 e. The summed E-state index contributed by atoms with van der Waals surface area (Å²) in [6.45, 7) is 6.22. The van der Waals surface area contributed by atoms with Crippen LogP contribution in [0, 0.1) is 18.8 Å².